The fraction of sp³-hybridized carbons (Fsp3) is 0.476. The summed E-state index contributed by atoms with van der Waals surface area (Å²) in [6.07, 6.45) is 0. The fourth-order valence-corrected chi connectivity index (χ4v) is 3.35. The van der Waals surface area contributed by atoms with Crippen LogP contribution in [0.1, 0.15) is 24.3 Å². The van der Waals surface area contributed by atoms with Gasteiger partial charge in [0.25, 0.3) is 0 Å². The fourth-order valence-electron chi connectivity index (χ4n) is 3.23. The second-order valence-corrected chi connectivity index (χ2v) is 7.58. The van der Waals surface area contributed by atoms with Gasteiger partial charge in [-0.1, -0.05) is 11.6 Å². The van der Waals surface area contributed by atoms with Crippen LogP contribution in [0.5, 0.6) is 0 Å². The van der Waals surface area contributed by atoms with Gasteiger partial charge in [-0.3, -0.25) is 4.79 Å². The van der Waals surface area contributed by atoms with Gasteiger partial charge < -0.3 is 24.9 Å². The van der Waals surface area contributed by atoms with Crippen molar-refractivity contribution in [2.24, 2.45) is 4.99 Å². The first-order chi connectivity index (χ1) is 14.5. The zero-order valence-corrected chi connectivity index (χ0v) is 18.5. The molecule has 1 amide bonds. The molecule has 1 aromatic carbocycles. The summed E-state index contributed by atoms with van der Waals surface area (Å²) in [6, 6.07) is 7.79. The van der Waals surface area contributed by atoms with Gasteiger partial charge >= 0.3 is 0 Å². The minimum Gasteiger partial charge on any atom is -0.444 e. The molecule has 2 aromatic rings. The molecule has 1 fully saturated rings. The largest absolute Gasteiger partial charge is 0.444 e. The number of guanidine groups is 1. The second-order valence-electron chi connectivity index (χ2n) is 7.14. The molecule has 1 aromatic heterocycles. The molecule has 1 saturated heterocycles. The van der Waals surface area contributed by atoms with Crippen LogP contribution in [0.4, 0.5) is 5.69 Å². The van der Waals surface area contributed by atoms with E-state index >= 15 is 0 Å². The number of hydrogen-bond acceptors (Lipinski definition) is 5. The smallest absolute Gasteiger partial charge is 0.244 e. The quantitative estimate of drug-likeness (QED) is 0.538. The summed E-state index contributed by atoms with van der Waals surface area (Å²) in [5.74, 6) is 1.99. The molecule has 3 rings (SSSR count). The van der Waals surface area contributed by atoms with Gasteiger partial charge in [0, 0.05) is 43.4 Å². The molecule has 8 nitrogen and oxygen atoms in total. The van der Waals surface area contributed by atoms with Crippen LogP contribution in [0.15, 0.2) is 33.7 Å². The molecule has 0 radical (unpaired) electrons. The molecular formula is C21H29ClN6O2. The first kappa shape index (κ1) is 22.0. The Hall–Kier alpha value is -2.74. The highest BCUT2D eigenvalue weighted by molar-refractivity contribution is 6.30. The van der Waals surface area contributed by atoms with E-state index in [4.69, 9.17) is 16.0 Å². The molecular weight excluding hydrogens is 404 g/mol. The first-order valence-corrected chi connectivity index (χ1v) is 10.6. The van der Waals surface area contributed by atoms with Crippen molar-refractivity contribution >= 4 is 29.2 Å². The molecule has 0 unspecified atom stereocenters. The Morgan fingerprint density at radius 3 is 2.47 bits per heavy atom. The molecule has 0 aliphatic carbocycles. The lowest BCUT2D eigenvalue weighted by atomic mass is 10.2. The Kier molecular flexibility index (Phi) is 7.57. The summed E-state index contributed by atoms with van der Waals surface area (Å²) >= 11 is 5.96. The highest BCUT2D eigenvalue weighted by Crippen LogP contribution is 2.19. The number of aromatic nitrogens is 1. The summed E-state index contributed by atoms with van der Waals surface area (Å²) in [6.45, 7) is 9.91. The maximum absolute atomic E-state index is 12.6. The van der Waals surface area contributed by atoms with Crippen molar-refractivity contribution in [3.05, 3.63) is 46.6 Å². The summed E-state index contributed by atoms with van der Waals surface area (Å²) in [5, 5.41) is 7.03. The van der Waals surface area contributed by atoms with E-state index < -0.39 is 0 Å². The van der Waals surface area contributed by atoms with Crippen molar-refractivity contribution in [1.82, 2.24) is 20.5 Å². The molecule has 2 heterocycles. The molecule has 0 saturated carbocycles. The number of carbonyl (C=O) groups excluding carboxylic acids is 1. The minimum absolute atomic E-state index is 0.0192. The number of oxazole rings is 1. The Labute approximate surface area is 182 Å². The van der Waals surface area contributed by atoms with Crippen molar-refractivity contribution in [2.75, 3.05) is 44.2 Å². The maximum Gasteiger partial charge on any atom is 0.244 e. The summed E-state index contributed by atoms with van der Waals surface area (Å²) in [7, 11) is 0. The van der Waals surface area contributed by atoms with Gasteiger partial charge in [0.1, 0.15) is 12.3 Å². The molecule has 1 aliphatic rings. The molecule has 0 atom stereocenters. The van der Waals surface area contributed by atoms with E-state index in [2.05, 4.69) is 25.5 Å². The van der Waals surface area contributed by atoms with Gasteiger partial charge in [0.2, 0.25) is 11.8 Å². The molecule has 0 spiro atoms. The summed E-state index contributed by atoms with van der Waals surface area (Å²) < 4.78 is 5.57. The van der Waals surface area contributed by atoms with Gasteiger partial charge in [-0.05, 0) is 45.0 Å². The Balaban J connectivity index is 1.49. The van der Waals surface area contributed by atoms with Gasteiger partial charge in [-0.25, -0.2) is 9.98 Å². The number of nitrogens with zero attached hydrogens (tertiary/aromatic N) is 4. The van der Waals surface area contributed by atoms with Crippen LogP contribution < -0.4 is 15.5 Å². The van der Waals surface area contributed by atoms with Crippen LogP contribution in [0.2, 0.25) is 5.02 Å². The van der Waals surface area contributed by atoms with Crippen molar-refractivity contribution < 1.29 is 9.21 Å². The molecule has 0 bridgehead atoms. The molecule has 1 aliphatic heterocycles. The van der Waals surface area contributed by atoms with Gasteiger partial charge in [-0.2, -0.15) is 0 Å². The third kappa shape index (κ3) is 5.89. The van der Waals surface area contributed by atoms with Crippen molar-refractivity contribution in [3.63, 3.8) is 0 Å². The van der Waals surface area contributed by atoms with Crippen LogP contribution in [0.3, 0.4) is 0 Å². The number of aliphatic imine (C=N–C) groups is 1. The third-order valence-electron chi connectivity index (χ3n) is 5.02. The van der Waals surface area contributed by atoms with Crippen LogP contribution >= 0.6 is 11.6 Å². The van der Waals surface area contributed by atoms with Crippen molar-refractivity contribution in [1.29, 1.82) is 0 Å². The zero-order chi connectivity index (χ0) is 21.5. The maximum atomic E-state index is 12.6. The van der Waals surface area contributed by atoms with Crippen LogP contribution in [-0.4, -0.2) is 61.0 Å². The van der Waals surface area contributed by atoms with E-state index in [9.17, 15) is 4.79 Å². The summed E-state index contributed by atoms with van der Waals surface area (Å²) in [5.41, 5.74) is 2.00. The number of hydrogen-bond donors (Lipinski definition) is 2. The number of amides is 1. The highest BCUT2D eigenvalue weighted by Gasteiger charge is 2.21. The number of nitrogens with one attached hydrogen (secondary N) is 2. The van der Waals surface area contributed by atoms with E-state index in [1.165, 1.54) is 0 Å². The average Bonchev–Trinajstić information content (AvgIpc) is 3.08. The number of aryl methyl sites for hydroxylation is 2. The summed E-state index contributed by atoms with van der Waals surface area (Å²) in [4.78, 5) is 25.5. The zero-order valence-electron chi connectivity index (χ0n) is 17.7. The van der Waals surface area contributed by atoms with E-state index in [0.717, 1.165) is 35.3 Å². The van der Waals surface area contributed by atoms with E-state index in [1.54, 1.807) is 0 Å². The number of benzene rings is 1. The van der Waals surface area contributed by atoms with Gasteiger partial charge in [0.05, 0.1) is 12.2 Å². The number of anilines is 1. The number of carbonyl (C=O) groups is 1. The monoisotopic (exact) mass is 432 g/mol. The topological polar surface area (TPSA) is 86.0 Å². The molecule has 162 valence electrons. The van der Waals surface area contributed by atoms with Crippen LogP contribution in [0, 0.1) is 13.8 Å². The van der Waals surface area contributed by atoms with Crippen molar-refractivity contribution in [2.45, 2.75) is 27.3 Å². The first-order valence-electron chi connectivity index (χ1n) is 10.2. The second kappa shape index (κ2) is 10.3. The third-order valence-corrected chi connectivity index (χ3v) is 5.27. The van der Waals surface area contributed by atoms with Gasteiger partial charge in [-0.15, -0.1) is 0 Å². The minimum atomic E-state index is 0.0192. The average molecular weight is 433 g/mol. The predicted octanol–water partition coefficient (Wildman–Crippen LogP) is 2.35. The highest BCUT2D eigenvalue weighted by atomic mass is 35.5. The van der Waals surface area contributed by atoms with E-state index in [-0.39, 0.29) is 12.5 Å². The van der Waals surface area contributed by atoms with Crippen LogP contribution in [0.25, 0.3) is 0 Å². The Morgan fingerprint density at radius 2 is 1.87 bits per heavy atom. The lowest BCUT2D eigenvalue weighted by Gasteiger charge is -2.36. The van der Waals surface area contributed by atoms with Crippen molar-refractivity contribution in [3.8, 4) is 0 Å². The Morgan fingerprint density at radius 1 is 1.17 bits per heavy atom. The number of rotatable bonds is 6. The lowest BCUT2D eigenvalue weighted by molar-refractivity contribution is -0.129. The molecule has 9 heteroatoms. The molecule has 2 N–H and O–H groups in total. The van der Waals surface area contributed by atoms with Gasteiger partial charge in [0.15, 0.2) is 5.96 Å². The van der Waals surface area contributed by atoms with E-state index in [1.807, 2.05) is 49.9 Å². The van der Waals surface area contributed by atoms with E-state index in [0.29, 0.717) is 38.0 Å². The predicted molar refractivity (Wildman–Crippen MR) is 119 cm³/mol. The normalized spacial score (nSPS) is 14.7. The standard InChI is InChI=1S/C21H29ClN6O2/c1-4-23-21(24-13-19-26-15(2)16(3)30-19)25-14-20(29)28-11-9-27(10-12-28)18-7-5-17(22)6-8-18/h5-8H,4,9-14H2,1-3H3,(H2,23,24,25). The number of piperazine rings is 1. The molecule has 30 heavy (non-hydrogen) atoms. The Bertz CT molecular complexity index is 853. The number of halogens is 1. The van der Waals surface area contributed by atoms with Crippen LogP contribution in [-0.2, 0) is 11.3 Å². The SMILES string of the molecule is CCNC(=NCC(=O)N1CCN(c2ccc(Cl)cc2)CC1)NCc1nc(C)c(C)o1. The lowest BCUT2D eigenvalue weighted by Crippen LogP contribution is -2.49.